The Morgan fingerprint density at radius 1 is 1.33 bits per heavy atom. The molecule has 2 aromatic heterocycles. The zero-order valence-electron chi connectivity index (χ0n) is 9.92. The van der Waals surface area contributed by atoms with Crippen molar-refractivity contribution >= 4 is 11.3 Å². The Balaban J connectivity index is 2.08. The maximum absolute atomic E-state index is 5.93. The van der Waals surface area contributed by atoms with Gasteiger partial charge < -0.3 is 10.5 Å². The van der Waals surface area contributed by atoms with Gasteiger partial charge in [0.05, 0.1) is 6.61 Å². The summed E-state index contributed by atoms with van der Waals surface area (Å²) in [6.45, 7) is 2.41. The number of nitrogen functional groups attached to an aromatic ring is 1. The molecule has 92 valence electrons. The van der Waals surface area contributed by atoms with Gasteiger partial charge in [0.25, 0.3) is 5.88 Å². The number of hydrogen-bond donors (Lipinski definition) is 2. The van der Waals surface area contributed by atoms with Gasteiger partial charge in [0.2, 0.25) is 5.65 Å². The van der Waals surface area contributed by atoms with E-state index >= 15 is 0 Å². The number of nitrogens with one attached hydrogen (secondary N) is 1. The molecule has 3 aromatic rings. The van der Waals surface area contributed by atoms with Crippen molar-refractivity contribution in [3.63, 3.8) is 0 Å². The van der Waals surface area contributed by atoms with Crippen molar-refractivity contribution in [3.05, 3.63) is 30.3 Å². The summed E-state index contributed by atoms with van der Waals surface area (Å²) < 4.78 is 6.84. The van der Waals surface area contributed by atoms with Crippen molar-refractivity contribution in [3.8, 4) is 17.3 Å². The Hall–Kier alpha value is -2.50. The maximum atomic E-state index is 5.93. The van der Waals surface area contributed by atoms with Gasteiger partial charge in [-0.15, -0.1) is 9.73 Å². The highest BCUT2D eigenvalue weighted by Gasteiger charge is 2.15. The molecule has 6 nitrogen and oxygen atoms in total. The molecule has 0 saturated carbocycles. The smallest absolute Gasteiger partial charge is 0.260 e. The predicted molar refractivity (Wildman–Crippen MR) is 68.4 cm³/mol. The number of benzene rings is 1. The highest BCUT2D eigenvalue weighted by molar-refractivity contribution is 5.72. The van der Waals surface area contributed by atoms with E-state index in [9.17, 15) is 0 Å². The summed E-state index contributed by atoms with van der Waals surface area (Å²) in [4.78, 5) is 4.43. The van der Waals surface area contributed by atoms with Crippen LogP contribution in [0.15, 0.2) is 30.3 Å². The fraction of sp³-hybridized carbons (Fsp3) is 0.167. The molecule has 6 heteroatoms. The average molecular weight is 243 g/mol. The maximum Gasteiger partial charge on any atom is 0.260 e. The first-order chi connectivity index (χ1) is 8.79. The lowest BCUT2D eigenvalue weighted by Gasteiger charge is -1.97. The SMILES string of the molecule is CCOc1nn2[nH]c(-c3ccccc3)nc2c1N. The van der Waals surface area contributed by atoms with E-state index in [1.165, 1.54) is 4.63 Å². The van der Waals surface area contributed by atoms with Gasteiger partial charge in [-0.2, -0.15) is 0 Å². The van der Waals surface area contributed by atoms with Gasteiger partial charge in [-0.1, -0.05) is 30.3 Å². The number of nitrogens with zero attached hydrogens (tertiary/aromatic N) is 3. The van der Waals surface area contributed by atoms with Gasteiger partial charge in [-0.05, 0) is 6.92 Å². The lowest BCUT2D eigenvalue weighted by Crippen LogP contribution is -1.96. The minimum absolute atomic E-state index is 0.413. The van der Waals surface area contributed by atoms with Gasteiger partial charge in [0.1, 0.15) is 5.69 Å². The number of H-pyrrole nitrogens is 1. The number of anilines is 1. The standard InChI is InChI=1S/C12H13N5O/c1-2-18-12-9(13)11-14-10(15-17(11)16-12)8-6-4-3-5-7-8/h3-7H,2,13H2,1H3,(H,14,15). The molecular weight excluding hydrogens is 230 g/mol. The predicted octanol–water partition coefficient (Wildman–Crippen LogP) is 1.71. The topological polar surface area (TPSA) is 81.2 Å². The average Bonchev–Trinajstić information content (AvgIpc) is 2.93. The van der Waals surface area contributed by atoms with Crippen LogP contribution in [0.25, 0.3) is 17.0 Å². The quantitative estimate of drug-likeness (QED) is 0.733. The van der Waals surface area contributed by atoms with Crippen molar-refractivity contribution in [1.82, 2.24) is 19.8 Å². The number of ether oxygens (including phenoxy) is 1. The third-order valence-electron chi connectivity index (χ3n) is 2.62. The third-order valence-corrected chi connectivity index (χ3v) is 2.62. The van der Waals surface area contributed by atoms with Crippen LogP contribution in [-0.2, 0) is 0 Å². The van der Waals surface area contributed by atoms with Gasteiger partial charge in [0.15, 0.2) is 5.82 Å². The van der Waals surface area contributed by atoms with Gasteiger partial charge in [0, 0.05) is 5.56 Å². The molecule has 3 N–H and O–H groups in total. The van der Waals surface area contributed by atoms with Crippen LogP contribution < -0.4 is 10.5 Å². The lowest BCUT2D eigenvalue weighted by molar-refractivity contribution is 0.325. The van der Waals surface area contributed by atoms with E-state index in [0.717, 1.165) is 11.4 Å². The Labute approximate surface area is 103 Å². The number of hydrogen-bond acceptors (Lipinski definition) is 4. The normalized spacial score (nSPS) is 10.9. The zero-order chi connectivity index (χ0) is 12.5. The van der Waals surface area contributed by atoms with Gasteiger partial charge in [-0.25, -0.2) is 4.98 Å². The van der Waals surface area contributed by atoms with E-state index in [1.54, 1.807) is 0 Å². The van der Waals surface area contributed by atoms with Crippen molar-refractivity contribution in [2.75, 3.05) is 12.3 Å². The second-order valence-corrected chi connectivity index (χ2v) is 3.83. The molecule has 0 atom stereocenters. The molecule has 2 heterocycles. The van der Waals surface area contributed by atoms with Crippen molar-refractivity contribution < 1.29 is 4.74 Å². The highest BCUT2D eigenvalue weighted by Crippen LogP contribution is 2.25. The van der Waals surface area contributed by atoms with Crippen LogP contribution in [0.1, 0.15) is 6.92 Å². The summed E-state index contributed by atoms with van der Waals surface area (Å²) >= 11 is 0. The fourth-order valence-electron chi connectivity index (χ4n) is 1.79. The Morgan fingerprint density at radius 2 is 2.11 bits per heavy atom. The molecular formula is C12H13N5O. The van der Waals surface area contributed by atoms with Crippen LogP contribution in [-0.4, -0.2) is 26.4 Å². The van der Waals surface area contributed by atoms with E-state index in [1.807, 2.05) is 37.3 Å². The van der Waals surface area contributed by atoms with E-state index in [0.29, 0.717) is 23.8 Å². The minimum Gasteiger partial charge on any atom is -0.475 e. The zero-order valence-corrected chi connectivity index (χ0v) is 9.92. The molecule has 0 amide bonds. The van der Waals surface area contributed by atoms with Crippen LogP contribution in [0.2, 0.25) is 0 Å². The minimum atomic E-state index is 0.413. The van der Waals surface area contributed by atoms with Crippen molar-refractivity contribution in [1.29, 1.82) is 0 Å². The third kappa shape index (κ3) is 1.58. The summed E-state index contributed by atoms with van der Waals surface area (Å²) in [5.74, 6) is 1.14. The summed E-state index contributed by atoms with van der Waals surface area (Å²) in [5.41, 5.74) is 7.95. The van der Waals surface area contributed by atoms with Gasteiger partial charge in [-0.3, -0.25) is 5.10 Å². The first-order valence-electron chi connectivity index (χ1n) is 5.72. The molecule has 18 heavy (non-hydrogen) atoms. The summed E-state index contributed by atoms with van der Waals surface area (Å²) in [5, 5.41) is 7.27. The molecule has 0 spiro atoms. The second-order valence-electron chi connectivity index (χ2n) is 3.83. The number of aromatic nitrogens is 4. The molecule has 0 bridgehead atoms. The largest absolute Gasteiger partial charge is 0.475 e. The van der Waals surface area contributed by atoms with E-state index in [-0.39, 0.29) is 0 Å². The first kappa shape index (κ1) is 10.6. The molecule has 0 aliphatic rings. The van der Waals surface area contributed by atoms with Crippen LogP contribution >= 0.6 is 0 Å². The summed E-state index contributed by atoms with van der Waals surface area (Å²) in [6, 6.07) is 9.81. The first-order valence-corrected chi connectivity index (χ1v) is 5.72. The molecule has 0 aliphatic carbocycles. The molecule has 3 rings (SSSR count). The van der Waals surface area contributed by atoms with E-state index in [2.05, 4.69) is 15.2 Å². The monoisotopic (exact) mass is 243 g/mol. The Bertz CT molecular complexity index is 670. The fourth-order valence-corrected chi connectivity index (χ4v) is 1.79. The highest BCUT2D eigenvalue weighted by atomic mass is 16.5. The van der Waals surface area contributed by atoms with Crippen LogP contribution in [0, 0.1) is 0 Å². The van der Waals surface area contributed by atoms with E-state index in [4.69, 9.17) is 10.5 Å². The molecule has 0 aliphatic heterocycles. The van der Waals surface area contributed by atoms with Gasteiger partial charge >= 0.3 is 0 Å². The lowest BCUT2D eigenvalue weighted by atomic mass is 10.2. The second kappa shape index (κ2) is 4.06. The molecule has 0 unspecified atom stereocenters. The van der Waals surface area contributed by atoms with Crippen LogP contribution in [0.4, 0.5) is 5.69 Å². The van der Waals surface area contributed by atoms with Crippen LogP contribution in [0.5, 0.6) is 5.88 Å². The number of fused-ring (bicyclic) bond motifs is 1. The molecule has 0 radical (unpaired) electrons. The van der Waals surface area contributed by atoms with E-state index < -0.39 is 0 Å². The Morgan fingerprint density at radius 3 is 2.78 bits per heavy atom. The van der Waals surface area contributed by atoms with Crippen LogP contribution in [0.3, 0.4) is 0 Å². The molecule has 0 saturated heterocycles. The van der Waals surface area contributed by atoms with Crippen molar-refractivity contribution in [2.45, 2.75) is 6.92 Å². The van der Waals surface area contributed by atoms with Crippen molar-refractivity contribution in [2.24, 2.45) is 0 Å². The summed E-state index contributed by atoms with van der Waals surface area (Å²) in [7, 11) is 0. The molecule has 0 fully saturated rings. The number of rotatable bonds is 3. The number of aromatic amines is 1. The summed E-state index contributed by atoms with van der Waals surface area (Å²) in [6.07, 6.45) is 0. The molecule has 1 aromatic carbocycles. The Kier molecular flexibility index (Phi) is 2.40. The number of nitrogens with two attached hydrogens (primary N) is 1.